The summed E-state index contributed by atoms with van der Waals surface area (Å²) in [5, 5.41) is 0. The number of benzene rings is 1. The van der Waals surface area contributed by atoms with Gasteiger partial charge in [-0.05, 0) is 18.2 Å². The molecule has 4 nitrogen and oxygen atoms in total. The Labute approximate surface area is 97.4 Å². The van der Waals surface area contributed by atoms with Crippen LogP contribution in [0.2, 0.25) is 0 Å². The molecule has 0 N–H and O–H groups in total. The molecule has 0 saturated heterocycles. The molecule has 8 heteroatoms. The number of halogens is 2. The van der Waals surface area contributed by atoms with Crippen molar-refractivity contribution in [2.45, 2.75) is 16.7 Å². The van der Waals surface area contributed by atoms with Crippen molar-refractivity contribution in [1.82, 2.24) is 0 Å². The first-order valence-electron chi connectivity index (χ1n) is 4.15. The SMILES string of the molecule is CCS(=O)(=O)c1cc(S(=O)(=O)Cl)ccc1F. The standard InChI is InChI=1S/C8H8ClFO4S2/c1-2-15(11,12)8-5-6(16(9,13)14)3-4-7(8)10/h3-5H,2H2,1H3. The third kappa shape index (κ3) is 2.72. The second-order valence-electron chi connectivity index (χ2n) is 2.93. The highest BCUT2D eigenvalue weighted by molar-refractivity contribution is 8.13. The summed E-state index contributed by atoms with van der Waals surface area (Å²) in [7, 11) is -2.85. The van der Waals surface area contributed by atoms with E-state index in [0.29, 0.717) is 0 Å². The summed E-state index contributed by atoms with van der Waals surface area (Å²) in [5.41, 5.74) is 0. The first-order chi connectivity index (χ1) is 7.18. The maximum atomic E-state index is 13.2. The maximum Gasteiger partial charge on any atom is 0.261 e. The molecule has 0 atom stereocenters. The molecule has 0 spiro atoms. The molecule has 16 heavy (non-hydrogen) atoms. The van der Waals surface area contributed by atoms with Crippen LogP contribution in [0.3, 0.4) is 0 Å². The Bertz CT molecular complexity index is 607. The van der Waals surface area contributed by atoms with Crippen LogP contribution >= 0.6 is 10.7 Å². The van der Waals surface area contributed by atoms with Crippen LogP contribution in [-0.2, 0) is 18.9 Å². The van der Waals surface area contributed by atoms with Gasteiger partial charge < -0.3 is 0 Å². The highest BCUT2D eigenvalue weighted by atomic mass is 35.7. The average Bonchev–Trinajstić information content (AvgIpc) is 2.16. The summed E-state index contributed by atoms with van der Waals surface area (Å²) in [4.78, 5) is -1.10. The summed E-state index contributed by atoms with van der Waals surface area (Å²) in [5.74, 6) is -1.32. The van der Waals surface area contributed by atoms with E-state index in [2.05, 4.69) is 0 Å². The molecule has 1 aromatic carbocycles. The molecule has 0 fully saturated rings. The minimum Gasteiger partial charge on any atom is -0.224 e. The fourth-order valence-electron chi connectivity index (χ4n) is 1.03. The molecule has 0 aromatic heterocycles. The predicted octanol–water partition coefficient (Wildman–Crippen LogP) is 1.55. The van der Waals surface area contributed by atoms with Crippen LogP contribution in [0.5, 0.6) is 0 Å². The highest BCUT2D eigenvalue weighted by Crippen LogP contribution is 2.22. The maximum absolute atomic E-state index is 13.2. The Hall–Kier alpha value is -0.660. The lowest BCUT2D eigenvalue weighted by Gasteiger charge is -2.04. The summed E-state index contributed by atoms with van der Waals surface area (Å²) in [6.45, 7) is 1.33. The van der Waals surface area contributed by atoms with Gasteiger partial charge in [-0.1, -0.05) is 6.92 Å². The zero-order valence-electron chi connectivity index (χ0n) is 8.14. The summed E-state index contributed by atoms with van der Waals surface area (Å²) < 4.78 is 58.0. The molecule has 0 radical (unpaired) electrons. The molecule has 0 aliphatic heterocycles. The van der Waals surface area contributed by atoms with Gasteiger partial charge in [-0.3, -0.25) is 0 Å². The van der Waals surface area contributed by atoms with Crippen molar-refractivity contribution < 1.29 is 21.2 Å². The smallest absolute Gasteiger partial charge is 0.224 e. The zero-order valence-corrected chi connectivity index (χ0v) is 10.5. The fourth-order valence-corrected chi connectivity index (χ4v) is 2.86. The average molecular weight is 287 g/mol. The molecule has 0 aliphatic carbocycles. The van der Waals surface area contributed by atoms with E-state index in [1.807, 2.05) is 0 Å². The second kappa shape index (κ2) is 4.31. The molecular weight excluding hydrogens is 279 g/mol. The van der Waals surface area contributed by atoms with Crippen molar-refractivity contribution in [3.8, 4) is 0 Å². The molecule has 0 bridgehead atoms. The molecule has 0 saturated carbocycles. The van der Waals surface area contributed by atoms with Gasteiger partial charge in [0.15, 0.2) is 9.84 Å². The van der Waals surface area contributed by atoms with Gasteiger partial charge in [-0.25, -0.2) is 21.2 Å². The zero-order chi connectivity index (χ0) is 12.6. The van der Waals surface area contributed by atoms with Gasteiger partial charge in [-0.15, -0.1) is 0 Å². The molecule has 0 aliphatic rings. The highest BCUT2D eigenvalue weighted by Gasteiger charge is 2.20. The minimum absolute atomic E-state index is 0.324. The van der Waals surface area contributed by atoms with Crippen LogP contribution in [0.4, 0.5) is 4.39 Å². The van der Waals surface area contributed by atoms with E-state index in [4.69, 9.17) is 10.7 Å². The number of hydrogen-bond acceptors (Lipinski definition) is 4. The third-order valence-electron chi connectivity index (χ3n) is 1.90. The predicted molar refractivity (Wildman–Crippen MR) is 57.2 cm³/mol. The van der Waals surface area contributed by atoms with E-state index in [0.717, 1.165) is 18.2 Å². The quantitative estimate of drug-likeness (QED) is 0.791. The number of sulfone groups is 1. The van der Waals surface area contributed by atoms with Crippen molar-refractivity contribution in [3.63, 3.8) is 0 Å². The van der Waals surface area contributed by atoms with Gasteiger partial charge in [0.1, 0.15) is 10.7 Å². The fraction of sp³-hybridized carbons (Fsp3) is 0.250. The molecule has 1 rings (SSSR count). The van der Waals surface area contributed by atoms with Gasteiger partial charge in [0, 0.05) is 10.7 Å². The van der Waals surface area contributed by atoms with Crippen LogP contribution in [0.15, 0.2) is 28.0 Å². The van der Waals surface area contributed by atoms with Crippen LogP contribution in [0.25, 0.3) is 0 Å². The lowest BCUT2D eigenvalue weighted by molar-refractivity contribution is 0.565. The first-order valence-corrected chi connectivity index (χ1v) is 8.11. The lowest BCUT2D eigenvalue weighted by Crippen LogP contribution is -2.07. The normalized spacial score (nSPS) is 12.7. The second-order valence-corrected chi connectivity index (χ2v) is 7.75. The molecule has 0 amide bonds. The minimum atomic E-state index is -4.07. The van der Waals surface area contributed by atoms with Gasteiger partial charge in [-0.2, -0.15) is 0 Å². The van der Waals surface area contributed by atoms with Crippen molar-refractivity contribution in [1.29, 1.82) is 0 Å². The van der Waals surface area contributed by atoms with Crippen LogP contribution in [-0.4, -0.2) is 22.6 Å². The Morgan fingerprint density at radius 1 is 1.25 bits per heavy atom. The third-order valence-corrected chi connectivity index (χ3v) is 4.99. The lowest BCUT2D eigenvalue weighted by atomic mass is 10.3. The van der Waals surface area contributed by atoms with E-state index in [-0.39, 0.29) is 5.75 Å². The molecule has 90 valence electrons. The topological polar surface area (TPSA) is 68.3 Å². The Morgan fingerprint density at radius 2 is 1.81 bits per heavy atom. The summed E-state index contributed by atoms with van der Waals surface area (Å²) in [6, 6.07) is 2.39. The monoisotopic (exact) mass is 286 g/mol. The molecule has 0 heterocycles. The van der Waals surface area contributed by atoms with E-state index in [1.165, 1.54) is 6.92 Å². The van der Waals surface area contributed by atoms with E-state index in [9.17, 15) is 21.2 Å². The van der Waals surface area contributed by atoms with E-state index < -0.39 is 34.5 Å². The van der Waals surface area contributed by atoms with Crippen molar-refractivity contribution in [2.24, 2.45) is 0 Å². The Balaban J connectivity index is 3.54. The number of rotatable bonds is 3. The van der Waals surface area contributed by atoms with Crippen LogP contribution in [0, 0.1) is 5.82 Å². The Kier molecular flexibility index (Phi) is 3.61. The van der Waals surface area contributed by atoms with Crippen molar-refractivity contribution in [2.75, 3.05) is 5.75 Å². The molecule has 1 aromatic rings. The van der Waals surface area contributed by atoms with Crippen molar-refractivity contribution in [3.05, 3.63) is 24.0 Å². The first kappa shape index (κ1) is 13.4. The van der Waals surface area contributed by atoms with Crippen molar-refractivity contribution >= 4 is 29.6 Å². The summed E-state index contributed by atoms with van der Waals surface area (Å²) in [6.07, 6.45) is 0. The Morgan fingerprint density at radius 3 is 2.25 bits per heavy atom. The van der Waals surface area contributed by atoms with Gasteiger partial charge in [0.25, 0.3) is 9.05 Å². The molecule has 0 unspecified atom stereocenters. The van der Waals surface area contributed by atoms with Crippen LogP contribution < -0.4 is 0 Å². The van der Waals surface area contributed by atoms with E-state index in [1.54, 1.807) is 0 Å². The molecular formula is C8H8ClFO4S2. The van der Waals surface area contributed by atoms with Crippen LogP contribution in [0.1, 0.15) is 6.92 Å². The number of hydrogen-bond donors (Lipinski definition) is 0. The summed E-state index contributed by atoms with van der Waals surface area (Å²) >= 11 is 0. The van der Waals surface area contributed by atoms with Gasteiger partial charge in [0.05, 0.1) is 10.6 Å². The van der Waals surface area contributed by atoms with Gasteiger partial charge >= 0.3 is 0 Å². The van der Waals surface area contributed by atoms with Gasteiger partial charge in [0.2, 0.25) is 0 Å². The van der Waals surface area contributed by atoms with E-state index >= 15 is 0 Å². The largest absolute Gasteiger partial charge is 0.261 e.